The molecule has 0 spiro atoms. The standard InChI is InChI=1S/C17H25ClO2/c1-4-6-7-8-16(20-5-2)15-10-13(3)9-14(11-15)12-17(18)19/h9-11,16H,4-8,12H2,1-3H3. The van der Waals surface area contributed by atoms with Gasteiger partial charge in [-0.3, -0.25) is 4.79 Å². The lowest BCUT2D eigenvalue weighted by Crippen LogP contribution is -2.06. The zero-order valence-electron chi connectivity index (χ0n) is 12.7. The average molecular weight is 297 g/mol. The highest BCUT2D eigenvalue weighted by Crippen LogP contribution is 2.26. The predicted molar refractivity (Wildman–Crippen MR) is 84.3 cm³/mol. The van der Waals surface area contributed by atoms with Gasteiger partial charge in [0.2, 0.25) is 5.24 Å². The van der Waals surface area contributed by atoms with E-state index in [9.17, 15) is 4.79 Å². The van der Waals surface area contributed by atoms with Gasteiger partial charge in [-0.15, -0.1) is 0 Å². The van der Waals surface area contributed by atoms with Gasteiger partial charge in [0.1, 0.15) is 0 Å². The largest absolute Gasteiger partial charge is 0.374 e. The van der Waals surface area contributed by atoms with Crippen molar-refractivity contribution in [1.29, 1.82) is 0 Å². The maximum Gasteiger partial charge on any atom is 0.226 e. The van der Waals surface area contributed by atoms with E-state index in [1.54, 1.807) is 0 Å². The van der Waals surface area contributed by atoms with Crippen molar-refractivity contribution < 1.29 is 9.53 Å². The van der Waals surface area contributed by atoms with Crippen LogP contribution in [-0.4, -0.2) is 11.8 Å². The second-order valence-electron chi connectivity index (χ2n) is 5.22. The highest BCUT2D eigenvalue weighted by molar-refractivity contribution is 6.63. The third kappa shape index (κ3) is 6.06. The molecule has 0 radical (unpaired) electrons. The number of benzene rings is 1. The Morgan fingerprint density at radius 1 is 1.25 bits per heavy atom. The van der Waals surface area contributed by atoms with E-state index in [4.69, 9.17) is 16.3 Å². The smallest absolute Gasteiger partial charge is 0.226 e. The molecule has 0 aliphatic carbocycles. The van der Waals surface area contributed by atoms with Gasteiger partial charge in [0.15, 0.2) is 0 Å². The summed E-state index contributed by atoms with van der Waals surface area (Å²) in [6, 6.07) is 6.22. The van der Waals surface area contributed by atoms with Gasteiger partial charge in [0.05, 0.1) is 6.10 Å². The molecule has 1 unspecified atom stereocenters. The molecule has 0 saturated carbocycles. The molecule has 1 aromatic rings. The van der Waals surface area contributed by atoms with Gasteiger partial charge in [-0.25, -0.2) is 0 Å². The van der Waals surface area contributed by atoms with E-state index < -0.39 is 0 Å². The number of hydrogen-bond acceptors (Lipinski definition) is 2. The lowest BCUT2D eigenvalue weighted by Gasteiger charge is -2.19. The van der Waals surface area contributed by atoms with Gasteiger partial charge >= 0.3 is 0 Å². The second kappa shape index (κ2) is 9.15. The summed E-state index contributed by atoms with van der Waals surface area (Å²) in [7, 11) is 0. The summed E-state index contributed by atoms with van der Waals surface area (Å²) in [5.41, 5.74) is 3.28. The molecular formula is C17H25ClO2. The summed E-state index contributed by atoms with van der Waals surface area (Å²) in [6.07, 6.45) is 5.03. The van der Waals surface area contributed by atoms with Crippen LogP contribution in [0.5, 0.6) is 0 Å². The molecule has 1 aromatic carbocycles. The van der Waals surface area contributed by atoms with Crippen LogP contribution in [0.4, 0.5) is 0 Å². The van der Waals surface area contributed by atoms with Gasteiger partial charge < -0.3 is 4.74 Å². The number of carbonyl (C=O) groups excluding carboxylic acids is 1. The van der Waals surface area contributed by atoms with Crippen molar-refractivity contribution in [3.05, 3.63) is 34.9 Å². The van der Waals surface area contributed by atoms with Crippen LogP contribution < -0.4 is 0 Å². The molecule has 112 valence electrons. The topological polar surface area (TPSA) is 26.3 Å². The van der Waals surface area contributed by atoms with E-state index in [1.165, 1.54) is 19.3 Å². The third-order valence-electron chi connectivity index (χ3n) is 3.31. The summed E-state index contributed by atoms with van der Waals surface area (Å²) in [6.45, 7) is 6.97. The molecule has 20 heavy (non-hydrogen) atoms. The van der Waals surface area contributed by atoms with E-state index in [1.807, 2.05) is 19.9 Å². The average Bonchev–Trinajstić information content (AvgIpc) is 2.36. The molecule has 0 bridgehead atoms. The molecule has 0 heterocycles. The van der Waals surface area contributed by atoms with Crippen LogP contribution in [-0.2, 0) is 16.0 Å². The first kappa shape index (κ1) is 17.2. The zero-order chi connectivity index (χ0) is 15.0. The fourth-order valence-corrected chi connectivity index (χ4v) is 2.62. The quantitative estimate of drug-likeness (QED) is 0.475. The van der Waals surface area contributed by atoms with Crippen LogP contribution in [0, 0.1) is 6.92 Å². The van der Waals surface area contributed by atoms with Crippen LogP contribution in [0.2, 0.25) is 0 Å². The molecule has 3 heteroatoms. The predicted octanol–water partition coefficient (Wildman–Crippen LogP) is 4.96. The normalized spacial score (nSPS) is 12.4. The molecule has 1 atom stereocenters. The number of halogens is 1. The first-order valence-corrected chi connectivity index (χ1v) is 7.85. The summed E-state index contributed by atoms with van der Waals surface area (Å²) >= 11 is 5.49. The van der Waals surface area contributed by atoms with E-state index in [2.05, 4.69) is 19.1 Å². The number of aryl methyl sites for hydroxylation is 1. The van der Waals surface area contributed by atoms with Crippen LogP contribution in [0.3, 0.4) is 0 Å². The minimum absolute atomic E-state index is 0.121. The molecule has 0 amide bonds. The molecule has 0 aliphatic heterocycles. The number of hydrogen-bond donors (Lipinski definition) is 0. The van der Waals surface area contributed by atoms with Crippen LogP contribution >= 0.6 is 11.6 Å². The van der Waals surface area contributed by atoms with Gasteiger partial charge in [-0.05, 0) is 43.0 Å². The third-order valence-corrected chi connectivity index (χ3v) is 3.45. The lowest BCUT2D eigenvalue weighted by atomic mass is 9.97. The summed E-state index contributed by atoms with van der Waals surface area (Å²) < 4.78 is 5.87. The van der Waals surface area contributed by atoms with Crippen molar-refractivity contribution in [3.8, 4) is 0 Å². The second-order valence-corrected chi connectivity index (χ2v) is 5.65. The molecular weight excluding hydrogens is 272 g/mol. The molecule has 0 aromatic heterocycles. The SMILES string of the molecule is CCCCCC(OCC)c1cc(C)cc(CC(=O)Cl)c1. The van der Waals surface area contributed by atoms with Gasteiger partial charge in [0, 0.05) is 13.0 Å². The minimum atomic E-state index is -0.319. The van der Waals surface area contributed by atoms with Crippen LogP contribution in [0.25, 0.3) is 0 Å². The number of ether oxygens (including phenoxy) is 1. The monoisotopic (exact) mass is 296 g/mol. The van der Waals surface area contributed by atoms with Gasteiger partial charge in [-0.2, -0.15) is 0 Å². The van der Waals surface area contributed by atoms with Crippen molar-refractivity contribution in [2.24, 2.45) is 0 Å². The molecule has 0 aliphatic rings. The fourth-order valence-electron chi connectivity index (χ4n) is 2.47. The molecule has 0 fully saturated rings. The van der Waals surface area contributed by atoms with E-state index in [0.29, 0.717) is 6.61 Å². The van der Waals surface area contributed by atoms with Crippen molar-refractivity contribution in [1.82, 2.24) is 0 Å². The van der Waals surface area contributed by atoms with Gasteiger partial charge in [0.25, 0.3) is 0 Å². The van der Waals surface area contributed by atoms with Crippen molar-refractivity contribution >= 4 is 16.8 Å². The molecule has 0 N–H and O–H groups in total. The Hall–Kier alpha value is -0.860. The van der Waals surface area contributed by atoms with Crippen molar-refractivity contribution in [2.75, 3.05) is 6.61 Å². The highest BCUT2D eigenvalue weighted by Gasteiger charge is 2.13. The lowest BCUT2D eigenvalue weighted by molar-refractivity contribution is -0.111. The summed E-state index contributed by atoms with van der Waals surface area (Å²) in [4.78, 5) is 11.1. The van der Waals surface area contributed by atoms with E-state index in [-0.39, 0.29) is 17.8 Å². The minimum Gasteiger partial charge on any atom is -0.374 e. The molecule has 2 nitrogen and oxygen atoms in total. The van der Waals surface area contributed by atoms with Gasteiger partial charge in [-0.1, -0.05) is 49.9 Å². The number of rotatable bonds is 9. The maximum absolute atomic E-state index is 11.1. The summed E-state index contributed by atoms with van der Waals surface area (Å²) in [5.74, 6) is 0. The number of carbonyl (C=O) groups is 1. The Kier molecular flexibility index (Phi) is 7.86. The van der Waals surface area contributed by atoms with Crippen molar-refractivity contribution in [2.45, 2.75) is 59.0 Å². The highest BCUT2D eigenvalue weighted by atomic mass is 35.5. The first-order valence-electron chi connectivity index (χ1n) is 7.47. The van der Waals surface area contributed by atoms with Crippen molar-refractivity contribution in [3.63, 3.8) is 0 Å². The Labute approximate surface area is 127 Å². The maximum atomic E-state index is 11.1. The van der Waals surface area contributed by atoms with E-state index >= 15 is 0 Å². The Morgan fingerprint density at radius 2 is 2.00 bits per heavy atom. The fraction of sp³-hybridized carbons (Fsp3) is 0.588. The Bertz CT molecular complexity index is 429. The Morgan fingerprint density at radius 3 is 2.60 bits per heavy atom. The van der Waals surface area contributed by atoms with Crippen LogP contribution in [0.1, 0.15) is 62.3 Å². The number of unbranched alkanes of at least 4 members (excludes halogenated alkanes) is 2. The first-order chi connectivity index (χ1) is 9.56. The molecule has 1 rings (SSSR count). The zero-order valence-corrected chi connectivity index (χ0v) is 13.5. The van der Waals surface area contributed by atoms with Crippen LogP contribution in [0.15, 0.2) is 18.2 Å². The molecule has 0 saturated heterocycles. The van der Waals surface area contributed by atoms with E-state index in [0.717, 1.165) is 23.1 Å². The Balaban J connectivity index is 2.87. The summed E-state index contributed by atoms with van der Waals surface area (Å²) in [5, 5.41) is -0.319.